The standard InChI is InChI=1S/C26H36O17/c1-11(27)34-8-18-21(22(38-14(4)30)19(10-36-18)37-13(3)29)43-26-25(41-17(7)33)24(40-16(6)32)23(39-15(5)31)20(42-26)9-35-12(2)28/h18-26H,8-10H2,1-7H3. The van der Waals surface area contributed by atoms with Crippen molar-refractivity contribution < 1.29 is 80.9 Å². The van der Waals surface area contributed by atoms with Gasteiger partial charge in [-0.15, -0.1) is 0 Å². The molecule has 0 aromatic heterocycles. The summed E-state index contributed by atoms with van der Waals surface area (Å²) in [5.74, 6) is -5.53. The molecule has 2 saturated heterocycles. The van der Waals surface area contributed by atoms with Crippen molar-refractivity contribution in [1.29, 1.82) is 0 Å². The molecule has 43 heavy (non-hydrogen) atoms. The van der Waals surface area contributed by atoms with Crippen LogP contribution in [0, 0.1) is 0 Å². The van der Waals surface area contributed by atoms with Crippen LogP contribution in [0.25, 0.3) is 0 Å². The summed E-state index contributed by atoms with van der Waals surface area (Å²) in [7, 11) is 0. The van der Waals surface area contributed by atoms with Crippen molar-refractivity contribution in [1.82, 2.24) is 0 Å². The molecule has 17 heteroatoms. The highest BCUT2D eigenvalue weighted by Crippen LogP contribution is 2.33. The summed E-state index contributed by atoms with van der Waals surface area (Å²) in [6.07, 6.45) is -12.9. The Bertz CT molecular complexity index is 1060. The van der Waals surface area contributed by atoms with Crippen LogP contribution < -0.4 is 0 Å². The lowest BCUT2D eigenvalue weighted by Crippen LogP contribution is -2.66. The molecule has 0 aromatic carbocycles. The number of hydrogen-bond donors (Lipinski definition) is 0. The smallest absolute Gasteiger partial charge is 0.303 e. The maximum absolute atomic E-state index is 12.2. The molecule has 17 nitrogen and oxygen atoms in total. The van der Waals surface area contributed by atoms with Crippen molar-refractivity contribution in [3.8, 4) is 0 Å². The molecule has 0 saturated carbocycles. The Kier molecular flexibility index (Phi) is 13.3. The zero-order chi connectivity index (χ0) is 32.4. The van der Waals surface area contributed by atoms with Gasteiger partial charge in [0.15, 0.2) is 36.8 Å². The maximum Gasteiger partial charge on any atom is 0.303 e. The number of esters is 7. The second-order valence-corrected chi connectivity index (χ2v) is 9.56. The van der Waals surface area contributed by atoms with Gasteiger partial charge < -0.3 is 47.4 Å². The average Bonchev–Trinajstić information content (AvgIpc) is 2.86. The van der Waals surface area contributed by atoms with Crippen LogP contribution in [0.2, 0.25) is 0 Å². The van der Waals surface area contributed by atoms with Crippen LogP contribution in [0.3, 0.4) is 0 Å². The Morgan fingerprint density at radius 1 is 0.512 bits per heavy atom. The SMILES string of the molecule is CC(=O)OCC1OCC(OC(C)=O)C(OC(C)=O)C1OC1OC(COC(C)=O)C(OC(C)=O)C(OC(C)=O)C1OC(C)=O. The second-order valence-electron chi connectivity index (χ2n) is 9.56. The monoisotopic (exact) mass is 620 g/mol. The Morgan fingerprint density at radius 3 is 1.44 bits per heavy atom. The molecule has 2 aliphatic rings. The number of carbonyl (C=O) groups excluding carboxylic acids is 7. The highest BCUT2D eigenvalue weighted by atomic mass is 16.8. The van der Waals surface area contributed by atoms with Gasteiger partial charge in [0, 0.05) is 48.5 Å². The van der Waals surface area contributed by atoms with Crippen LogP contribution in [0.5, 0.6) is 0 Å². The van der Waals surface area contributed by atoms with Crippen molar-refractivity contribution in [3.63, 3.8) is 0 Å². The van der Waals surface area contributed by atoms with E-state index in [1.165, 1.54) is 0 Å². The van der Waals surface area contributed by atoms with Gasteiger partial charge in [-0.25, -0.2) is 0 Å². The molecule has 0 aromatic rings. The van der Waals surface area contributed by atoms with Crippen LogP contribution in [0.1, 0.15) is 48.5 Å². The van der Waals surface area contributed by atoms with E-state index in [0.29, 0.717) is 0 Å². The summed E-state index contributed by atoms with van der Waals surface area (Å²) in [6, 6.07) is 0. The molecule has 2 heterocycles. The largest absolute Gasteiger partial charge is 0.463 e. The number of hydrogen-bond acceptors (Lipinski definition) is 17. The lowest BCUT2D eigenvalue weighted by molar-refractivity contribution is -0.340. The van der Waals surface area contributed by atoms with Crippen LogP contribution in [0.15, 0.2) is 0 Å². The summed E-state index contributed by atoms with van der Waals surface area (Å²) in [6.45, 7) is 6.37. The number of rotatable bonds is 11. The molecule has 9 unspecified atom stereocenters. The predicted molar refractivity (Wildman–Crippen MR) is 134 cm³/mol. The predicted octanol–water partition coefficient (Wildman–Crippen LogP) is -0.720. The summed E-state index contributed by atoms with van der Waals surface area (Å²) in [5.41, 5.74) is 0. The van der Waals surface area contributed by atoms with E-state index in [9.17, 15) is 33.6 Å². The quantitative estimate of drug-likeness (QED) is 0.206. The molecular formula is C26H36O17. The van der Waals surface area contributed by atoms with Gasteiger partial charge in [0.2, 0.25) is 0 Å². The van der Waals surface area contributed by atoms with Gasteiger partial charge in [-0.2, -0.15) is 0 Å². The third kappa shape index (κ3) is 11.1. The Morgan fingerprint density at radius 2 is 0.953 bits per heavy atom. The van der Waals surface area contributed by atoms with Gasteiger partial charge >= 0.3 is 41.8 Å². The molecule has 0 bridgehead atoms. The Hall–Kier alpha value is -3.83. The minimum Gasteiger partial charge on any atom is -0.463 e. The fourth-order valence-corrected chi connectivity index (χ4v) is 4.44. The van der Waals surface area contributed by atoms with Gasteiger partial charge in [0.05, 0.1) is 6.61 Å². The average molecular weight is 621 g/mol. The van der Waals surface area contributed by atoms with Gasteiger partial charge in [-0.3, -0.25) is 33.6 Å². The van der Waals surface area contributed by atoms with E-state index in [-0.39, 0.29) is 6.61 Å². The van der Waals surface area contributed by atoms with E-state index in [2.05, 4.69) is 0 Å². The first-order valence-corrected chi connectivity index (χ1v) is 13.1. The van der Waals surface area contributed by atoms with E-state index in [4.69, 9.17) is 47.4 Å². The molecule has 242 valence electrons. The fraction of sp³-hybridized carbons (Fsp3) is 0.731. The highest BCUT2D eigenvalue weighted by Gasteiger charge is 2.56. The lowest BCUT2D eigenvalue weighted by Gasteiger charge is -2.47. The minimum absolute atomic E-state index is 0.290. The number of ether oxygens (including phenoxy) is 10. The summed E-state index contributed by atoms with van der Waals surface area (Å²) < 4.78 is 54.8. The summed E-state index contributed by atoms with van der Waals surface area (Å²) >= 11 is 0. The van der Waals surface area contributed by atoms with Crippen molar-refractivity contribution in [2.45, 2.75) is 104 Å². The molecule has 0 N–H and O–H groups in total. The van der Waals surface area contributed by atoms with E-state index < -0.39 is 110 Å². The molecule has 0 radical (unpaired) electrons. The molecule has 2 fully saturated rings. The third-order valence-corrected chi connectivity index (χ3v) is 5.84. The zero-order valence-corrected chi connectivity index (χ0v) is 24.8. The molecule has 0 aliphatic carbocycles. The fourth-order valence-electron chi connectivity index (χ4n) is 4.44. The first-order chi connectivity index (χ1) is 20.1. The van der Waals surface area contributed by atoms with Gasteiger partial charge in [-0.1, -0.05) is 0 Å². The zero-order valence-electron chi connectivity index (χ0n) is 24.8. The molecule has 0 amide bonds. The van der Waals surface area contributed by atoms with Crippen molar-refractivity contribution in [2.24, 2.45) is 0 Å². The van der Waals surface area contributed by atoms with Crippen LogP contribution in [0.4, 0.5) is 0 Å². The molecule has 2 rings (SSSR count). The third-order valence-electron chi connectivity index (χ3n) is 5.84. The van der Waals surface area contributed by atoms with Crippen molar-refractivity contribution in [3.05, 3.63) is 0 Å². The van der Waals surface area contributed by atoms with E-state index >= 15 is 0 Å². The Labute approximate surface area is 246 Å². The highest BCUT2D eigenvalue weighted by molar-refractivity contribution is 5.69. The van der Waals surface area contributed by atoms with E-state index in [1.54, 1.807) is 0 Å². The molecule has 0 spiro atoms. The van der Waals surface area contributed by atoms with Gasteiger partial charge in [0.25, 0.3) is 0 Å². The normalized spacial score (nSPS) is 30.2. The lowest BCUT2D eigenvalue weighted by atomic mass is 9.96. The van der Waals surface area contributed by atoms with Crippen LogP contribution >= 0.6 is 0 Å². The van der Waals surface area contributed by atoms with Crippen molar-refractivity contribution >= 4 is 41.8 Å². The van der Waals surface area contributed by atoms with Crippen LogP contribution in [-0.2, 0) is 80.9 Å². The summed E-state index contributed by atoms with van der Waals surface area (Å²) in [5, 5.41) is 0. The number of carbonyl (C=O) groups is 7. The molecule has 2 aliphatic heterocycles. The summed E-state index contributed by atoms with van der Waals surface area (Å²) in [4.78, 5) is 83.3. The minimum atomic E-state index is -1.71. The molecule has 9 atom stereocenters. The maximum atomic E-state index is 12.2. The van der Waals surface area contributed by atoms with E-state index in [0.717, 1.165) is 48.5 Å². The van der Waals surface area contributed by atoms with Crippen molar-refractivity contribution in [2.75, 3.05) is 19.8 Å². The van der Waals surface area contributed by atoms with E-state index in [1.807, 2.05) is 0 Å². The van der Waals surface area contributed by atoms with Gasteiger partial charge in [0.1, 0.15) is 31.5 Å². The van der Waals surface area contributed by atoms with Gasteiger partial charge in [-0.05, 0) is 0 Å². The molecular weight excluding hydrogens is 584 g/mol. The first-order valence-electron chi connectivity index (χ1n) is 13.1. The topological polar surface area (TPSA) is 212 Å². The Balaban J connectivity index is 2.62. The first kappa shape index (κ1) is 35.4. The second kappa shape index (κ2) is 16.1. The van der Waals surface area contributed by atoms with Crippen LogP contribution in [-0.4, -0.2) is 117 Å².